The Morgan fingerprint density at radius 1 is 1.06 bits per heavy atom. The number of hydrogen-bond acceptors (Lipinski definition) is 1. The summed E-state index contributed by atoms with van der Waals surface area (Å²) in [6.07, 6.45) is -9.58. The molecule has 0 bridgehead atoms. The standard InChI is InChI=1S/C10H5F6NO/c11-9(12,13)4-1-2-5-6(3-4)7(10(14,15)16)17-8(5)18/h1-3,7H,(H,17,18)/t7-/m0/s1. The molecule has 0 unspecified atom stereocenters. The zero-order valence-electron chi connectivity index (χ0n) is 8.49. The number of fused-ring (bicyclic) bond motifs is 1. The van der Waals surface area contributed by atoms with Crippen LogP contribution in [-0.2, 0) is 6.18 Å². The normalized spacial score (nSPS) is 19.7. The highest BCUT2D eigenvalue weighted by Crippen LogP contribution is 2.40. The summed E-state index contributed by atoms with van der Waals surface area (Å²) >= 11 is 0. The number of amides is 1. The van der Waals surface area contributed by atoms with E-state index in [0.717, 1.165) is 6.07 Å². The number of hydrogen-bond donors (Lipinski definition) is 1. The van der Waals surface area contributed by atoms with Crippen LogP contribution in [0, 0.1) is 0 Å². The van der Waals surface area contributed by atoms with Gasteiger partial charge >= 0.3 is 12.4 Å². The smallest absolute Gasteiger partial charge is 0.337 e. The van der Waals surface area contributed by atoms with Crippen LogP contribution < -0.4 is 5.32 Å². The number of carbonyl (C=O) groups excluding carboxylic acids is 1. The first-order chi connectivity index (χ1) is 8.10. The number of alkyl halides is 6. The Morgan fingerprint density at radius 2 is 1.67 bits per heavy atom. The molecular formula is C10H5F6NO. The van der Waals surface area contributed by atoms with E-state index < -0.39 is 35.4 Å². The van der Waals surface area contributed by atoms with E-state index in [-0.39, 0.29) is 5.56 Å². The van der Waals surface area contributed by atoms with Gasteiger partial charge in [-0.25, -0.2) is 0 Å². The minimum atomic E-state index is -4.83. The molecule has 0 saturated carbocycles. The zero-order valence-corrected chi connectivity index (χ0v) is 8.49. The van der Waals surface area contributed by atoms with Crippen molar-refractivity contribution < 1.29 is 31.1 Å². The van der Waals surface area contributed by atoms with E-state index in [0.29, 0.717) is 12.1 Å². The summed E-state index contributed by atoms with van der Waals surface area (Å²) in [7, 11) is 0. The van der Waals surface area contributed by atoms with Crippen LogP contribution in [0.15, 0.2) is 18.2 Å². The molecule has 8 heteroatoms. The third-order valence-corrected chi connectivity index (χ3v) is 2.54. The number of rotatable bonds is 0. The molecule has 1 heterocycles. The van der Waals surface area contributed by atoms with Gasteiger partial charge in [0.15, 0.2) is 6.04 Å². The highest BCUT2D eigenvalue weighted by Gasteiger charge is 2.48. The van der Waals surface area contributed by atoms with Gasteiger partial charge in [0.05, 0.1) is 5.56 Å². The second kappa shape index (κ2) is 3.63. The second-order valence-electron chi connectivity index (χ2n) is 3.75. The molecule has 1 aromatic carbocycles. The molecule has 98 valence electrons. The molecule has 0 spiro atoms. The molecular weight excluding hydrogens is 264 g/mol. The number of halogens is 6. The topological polar surface area (TPSA) is 29.1 Å². The van der Waals surface area contributed by atoms with E-state index in [1.807, 2.05) is 0 Å². The summed E-state index contributed by atoms with van der Waals surface area (Å²) in [4.78, 5) is 11.2. The molecule has 1 atom stereocenters. The third kappa shape index (κ3) is 2.02. The molecule has 1 aromatic rings. The van der Waals surface area contributed by atoms with E-state index in [4.69, 9.17) is 0 Å². The van der Waals surface area contributed by atoms with Gasteiger partial charge in [-0.3, -0.25) is 4.79 Å². The van der Waals surface area contributed by atoms with Crippen molar-refractivity contribution in [1.29, 1.82) is 0 Å². The largest absolute Gasteiger partial charge is 0.416 e. The molecule has 1 aliphatic heterocycles. The number of carbonyl (C=O) groups is 1. The van der Waals surface area contributed by atoms with Crippen LogP contribution in [0.3, 0.4) is 0 Å². The van der Waals surface area contributed by atoms with Crippen molar-refractivity contribution in [2.24, 2.45) is 0 Å². The molecule has 1 aliphatic rings. The molecule has 0 saturated heterocycles. The van der Waals surface area contributed by atoms with Crippen LogP contribution in [0.25, 0.3) is 0 Å². The Bertz CT molecular complexity index is 504. The maximum atomic E-state index is 12.5. The van der Waals surface area contributed by atoms with Crippen molar-refractivity contribution in [3.05, 3.63) is 34.9 Å². The average Bonchev–Trinajstić information content (AvgIpc) is 2.54. The van der Waals surface area contributed by atoms with Gasteiger partial charge in [0, 0.05) is 5.56 Å². The Labute approximate surface area is 96.6 Å². The number of benzene rings is 1. The first-order valence-electron chi connectivity index (χ1n) is 4.69. The van der Waals surface area contributed by atoms with Crippen molar-refractivity contribution >= 4 is 5.91 Å². The molecule has 18 heavy (non-hydrogen) atoms. The van der Waals surface area contributed by atoms with Crippen LogP contribution in [0.5, 0.6) is 0 Å². The van der Waals surface area contributed by atoms with E-state index >= 15 is 0 Å². The van der Waals surface area contributed by atoms with Gasteiger partial charge in [-0.1, -0.05) is 0 Å². The minimum Gasteiger partial charge on any atom is -0.337 e. The van der Waals surface area contributed by atoms with Crippen molar-refractivity contribution in [3.8, 4) is 0 Å². The Balaban J connectivity index is 2.54. The van der Waals surface area contributed by atoms with Crippen LogP contribution in [0.1, 0.15) is 27.5 Å². The highest BCUT2D eigenvalue weighted by molar-refractivity contribution is 5.99. The molecule has 0 fully saturated rings. The van der Waals surface area contributed by atoms with Crippen LogP contribution in [-0.4, -0.2) is 12.1 Å². The molecule has 0 aromatic heterocycles. The van der Waals surface area contributed by atoms with E-state index in [2.05, 4.69) is 0 Å². The Kier molecular flexibility index (Phi) is 2.56. The van der Waals surface area contributed by atoms with Crippen LogP contribution in [0.4, 0.5) is 26.3 Å². The van der Waals surface area contributed by atoms with Crippen LogP contribution >= 0.6 is 0 Å². The first-order valence-corrected chi connectivity index (χ1v) is 4.69. The fourth-order valence-electron chi connectivity index (χ4n) is 1.73. The maximum Gasteiger partial charge on any atom is 0.416 e. The van der Waals surface area contributed by atoms with Crippen molar-refractivity contribution in [1.82, 2.24) is 5.32 Å². The maximum absolute atomic E-state index is 12.5. The van der Waals surface area contributed by atoms with Gasteiger partial charge in [0.25, 0.3) is 5.91 Å². The predicted octanol–water partition coefficient (Wildman–Crippen LogP) is 3.05. The van der Waals surface area contributed by atoms with Gasteiger partial charge in [-0.2, -0.15) is 26.3 Å². The summed E-state index contributed by atoms with van der Waals surface area (Å²) in [5.74, 6) is -1.03. The monoisotopic (exact) mass is 269 g/mol. The van der Waals surface area contributed by atoms with Crippen molar-refractivity contribution in [2.75, 3.05) is 0 Å². The van der Waals surface area contributed by atoms with E-state index in [1.165, 1.54) is 0 Å². The summed E-state index contributed by atoms with van der Waals surface area (Å²) in [6.45, 7) is 0. The molecule has 0 radical (unpaired) electrons. The summed E-state index contributed by atoms with van der Waals surface area (Å²) in [6, 6.07) is -0.704. The lowest BCUT2D eigenvalue weighted by atomic mass is 10.0. The third-order valence-electron chi connectivity index (χ3n) is 2.54. The summed E-state index contributed by atoms with van der Waals surface area (Å²) < 4.78 is 74.8. The molecule has 2 rings (SSSR count). The average molecular weight is 269 g/mol. The molecule has 1 N–H and O–H groups in total. The fourth-order valence-corrected chi connectivity index (χ4v) is 1.73. The fraction of sp³-hybridized carbons (Fsp3) is 0.300. The van der Waals surface area contributed by atoms with Crippen LogP contribution in [0.2, 0.25) is 0 Å². The lowest BCUT2D eigenvalue weighted by molar-refractivity contribution is -0.154. The molecule has 2 nitrogen and oxygen atoms in total. The highest BCUT2D eigenvalue weighted by atomic mass is 19.4. The van der Waals surface area contributed by atoms with E-state index in [9.17, 15) is 31.1 Å². The first kappa shape index (κ1) is 12.7. The molecule has 0 aliphatic carbocycles. The Morgan fingerprint density at radius 3 is 2.17 bits per heavy atom. The van der Waals surface area contributed by atoms with Crippen molar-refractivity contribution in [2.45, 2.75) is 18.4 Å². The van der Waals surface area contributed by atoms with Gasteiger partial charge < -0.3 is 5.32 Å². The van der Waals surface area contributed by atoms with Gasteiger partial charge in [-0.15, -0.1) is 0 Å². The number of nitrogens with one attached hydrogen (secondary N) is 1. The Hall–Kier alpha value is -1.73. The second-order valence-corrected chi connectivity index (χ2v) is 3.75. The predicted molar refractivity (Wildman–Crippen MR) is 47.7 cm³/mol. The minimum absolute atomic E-state index is 0.353. The molecule has 1 amide bonds. The summed E-state index contributed by atoms with van der Waals surface area (Å²) in [5.41, 5.74) is -2.29. The SMILES string of the molecule is O=C1N[C@H](C(F)(F)F)c2cc(C(F)(F)F)ccc21. The lowest BCUT2D eigenvalue weighted by Gasteiger charge is -2.16. The van der Waals surface area contributed by atoms with Gasteiger partial charge in [-0.05, 0) is 23.8 Å². The van der Waals surface area contributed by atoms with Crippen molar-refractivity contribution in [3.63, 3.8) is 0 Å². The zero-order chi connectivity index (χ0) is 13.7. The summed E-state index contributed by atoms with van der Waals surface area (Å²) in [5, 5.41) is 1.61. The van der Waals surface area contributed by atoms with Gasteiger partial charge in [0.1, 0.15) is 0 Å². The van der Waals surface area contributed by atoms with E-state index in [1.54, 1.807) is 5.32 Å². The lowest BCUT2D eigenvalue weighted by Crippen LogP contribution is -2.31. The quantitative estimate of drug-likeness (QED) is 0.720. The van der Waals surface area contributed by atoms with Gasteiger partial charge in [0.2, 0.25) is 0 Å².